The number of nitrogens with zero attached hydrogens (tertiary/aromatic N) is 1. The minimum atomic E-state index is -1.11. The standard InChI is InChI=1S/C28H38N4O7S2/c1-17(33)32-14-9-20(18-5-7-19(34)8-6-18)23(32)25(36)30-21-15-40-41-16-22(26(37)38)31-27(39)28(10-3-2-4-11-28)12-13-29-24(21)35/h5-8,20-23,34H,2-4,9-16H2,1H3,(H,29,35)(H,30,36)(H,31,39)(H,37,38). The number of nitrogens with one attached hydrogen (secondary N) is 3. The molecule has 0 aromatic heterocycles. The molecule has 0 bridgehead atoms. The van der Waals surface area contributed by atoms with Crippen LogP contribution in [0.1, 0.15) is 63.4 Å². The average Bonchev–Trinajstić information content (AvgIpc) is 3.40. The topological polar surface area (TPSA) is 165 Å². The van der Waals surface area contributed by atoms with Gasteiger partial charge in [-0.05, 0) is 43.4 Å². The molecule has 11 nitrogen and oxygen atoms in total. The molecular weight excluding hydrogens is 568 g/mol. The summed E-state index contributed by atoms with van der Waals surface area (Å²) < 4.78 is 0. The molecule has 41 heavy (non-hydrogen) atoms. The van der Waals surface area contributed by atoms with E-state index < -0.39 is 35.4 Å². The number of hydrogen-bond donors (Lipinski definition) is 5. The van der Waals surface area contributed by atoms with Crippen LogP contribution in [0.4, 0.5) is 0 Å². The van der Waals surface area contributed by atoms with Crippen LogP contribution in [0.2, 0.25) is 0 Å². The fourth-order valence-corrected chi connectivity index (χ4v) is 8.39. The van der Waals surface area contributed by atoms with Gasteiger partial charge in [-0.15, -0.1) is 0 Å². The largest absolute Gasteiger partial charge is 0.508 e. The van der Waals surface area contributed by atoms with Gasteiger partial charge in [-0.1, -0.05) is 53.0 Å². The molecule has 5 N–H and O–H groups in total. The highest BCUT2D eigenvalue weighted by molar-refractivity contribution is 8.76. The van der Waals surface area contributed by atoms with Gasteiger partial charge >= 0.3 is 5.97 Å². The number of aliphatic carboxylic acids is 1. The number of carboxylic acid groups (broad SMARTS) is 1. The molecule has 13 heteroatoms. The zero-order valence-corrected chi connectivity index (χ0v) is 24.7. The zero-order valence-electron chi connectivity index (χ0n) is 23.1. The number of likely N-dealkylation sites (tertiary alicyclic amines) is 1. The first kappa shape index (κ1) is 31.0. The van der Waals surface area contributed by atoms with Gasteiger partial charge in [-0.25, -0.2) is 4.79 Å². The maximum Gasteiger partial charge on any atom is 0.327 e. The van der Waals surface area contributed by atoms with Gasteiger partial charge in [-0.2, -0.15) is 0 Å². The molecule has 4 amide bonds. The summed E-state index contributed by atoms with van der Waals surface area (Å²) in [5, 5.41) is 27.9. The van der Waals surface area contributed by atoms with Crippen molar-refractivity contribution in [2.45, 2.75) is 75.9 Å². The van der Waals surface area contributed by atoms with Crippen LogP contribution < -0.4 is 16.0 Å². The van der Waals surface area contributed by atoms with E-state index in [1.807, 2.05) is 0 Å². The Bertz CT molecular complexity index is 1140. The second-order valence-corrected chi connectivity index (χ2v) is 13.6. The SMILES string of the molecule is CC(=O)N1CCC(c2ccc(O)cc2)C1C(=O)NC1CSSCC(C(=O)O)NC(=O)C2(CCCCC2)CCNC1=O. The Labute approximate surface area is 247 Å². The summed E-state index contributed by atoms with van der Waals surface area (Å²) in [6, 6.07) is 3.74. The number of phenolic OH excluding ortho intramolecular Hbond substituents is 1. The van der Waals surface area contributed by atoms with Crippen molar-refractivity contribution >= 4 is 51.2 Å². The van der Waals surface area contributed by atoms with Crippen LogP contribution >= 0.6 is 21.6 Å². The van der Waals surface area contributed by atoms with Crippen LogP contribution in [0.25, 0.3) is 0 Å². The van der Waals surface area contributed by atoms with E-state index in [-0.39, 0.29) is 47.4 Å². The lowest BCUT2D eigenvalue weighted by Gasteiger charge is -2.36. The molecule has 4 unspecified atom stereocenters. The van der Waals surface area contributed by atoms with Gasteiger partial charge in [0.25, 0.3) is 0 Å². The van der Waals surface area contributed by atoms with Crippen molar-refractivity contribution in [2.75, 3.05) is 24.6 Å². The Morgan fingerprint density at radius 3 is 2.37 bits per heavy atom. The lowest BCUT2D eigenvalue weighted by atomic mass is 9.71. The van der Waals surface area contributed by atoms with Crippen LogP contribution in [-0.4, -0.2) is 87.4 Å². The van der Waals surface area contributed by atoms with E-state index in [1.54, 1.807) is 24.3 Å². The lowest BCUT2D eigenvalue weighted by Crippen LogP contribution is -2.55. The number of hydrogen-bond acceptors (Lipinski definition) is 8. The predicted molar refractivity (Wildman–Crippen MR) is 156 cm³/mol. The number of rotatable bonds is 4. The summed E-state index contributed by atoms with van der Waals surface area (Å²) in [6.07, 6.45) is 4.92. The van der Waals surface area contributed by atoms with Crippen molar-refractivity contribution in [1.82, 2.24) is 20.9 Å². The smallest absolute Gasteiger partial charge is 0.327 e. The molecule has 4 rings (SSSR count). The molecule has 2 aliphatic heterocycles. The maximum absolute atomic E-state index is 13.7. The monoisotopic (exact) mass is 606 g/mol. The average molecular weight is 607 g/mol. The summed E-state index contributed by atoms with van der Waals surface area (Å²) in [5.41, 5.74) is 0.0678. The number of phenols is 1. The summed E-state index contributed by atoms with van der Waals surface area (Å²) in [6.45, 7) is 2.01. The van der Waals surface area contributed by atoms with E-state index in [2.05, 4.69) is 16.0 Å². The molecule has 1 saturated carbocycles. The van der Waals surface area contributed by atoms with Crippen molar-refractivity contribution in [1.29, 1.82) is 0 Å². The Kier molecular flexibility index (Phi) is 10.5. The third kappa shape index (κ3) is 7.48. The fraction of sp³-hybridized carbons (Fsp3) is 0.607. The normalized spacial score (nSPS) is 27.5. The number of benzene rings is 1. The Morgan fingerprint density at radius 1 is 1.02 bits per heavy atom. The third-order valence-corrected chi connectivity index (χ3v) is 10.8. The molecule has 1 spiro atoms. The van der Waals surface area contributed by atoms with Crippen LogP contribution in [0, 0.1) is 5.41 Å². The summed E-state index contributed by atoms with van der Waals surface area (Å²) in [5.74, 6) is -2.41. The minimum absolute atomic E-state index is 0.100. The zero-order chi connectivity index (χ0) is 29.6. The summed E-state index contributed by atoms with van der Waals surface area (Å²) in [4.78, 5) is 66.2. The quantitative estimate of drug-likeness (QED) is 0.322. The number of carbonyl (C=O) groups is 5. The molecule has 0 radical (unpaired) electrons. The highest BCUT2D eigenvalue weighted by Crippen LogP contribution is 2.40. The van der Waals surface area contributed by atoms with E-state index >= 15 is 0 Å². The van der Waals surface area contributed by atoms with E-state index in [0.717, 1.165) is 24.8 Å². The number of amides is 4. The van der Waals surface area contributed by atoms with Crippen LogP contribution in [-0.2, 0) is 24.0 Å². The van der Waals surface area contributed by atoms with Gasteiger partial charge in [0.15, 0.2) is 0 Å². The van der Waals surface area contributed by atoms with Gasteiger partial charge in [0.2, 0.25) is 23.6 Å². The fourth-order valence-electron chi connectivity index (χ4n) is 6.07. The first-order chi connectivity index (χ1) is 19.6. The van der Waals surface area contributed by atoms with Gasteiger partial charge in [0, 0.05) is 37.4 Å². The molecule has 224 valence electrons. The molecule has 1 aliphatic carbocycles. The van der Waals surface area contributed by atoms with Crippen LogP contribution in [0.15, 0.2) is 24.3 Å². The van der Waals surface area contributed by atoms with E-state index in [4.69, 9.17) is 0 Å². The number of carboxylic acids is 1. The van der Waals surface area contributed by atoms with Crippen molar-refractivity contribution < 1.29 is 34.2 Å². The number of carbonyl (C=O) groups excluding carboxylic acids is 4. The van der Waals surface area contributed by atoms with Gasteiger partial charge in [0.1, 0.15) is 23.9 Å². The van der Waals surface area contributed by atoms with Crippen molar-refractivity contribution in [3.05, 3.63) is 29.8 Å². The maximum atomic E-state index is 13.7. The molecule has 2 saturated heterocycles. The number of aromatic hydroxyl groups is 1. The van der Waals surface area contributed by atoms with Crippen molar-refractivity contribution in [3.63, 3.8) is 0 Å². The summed E-state index contributed by atoms with van der Waals surface area (Å²) >= 11 is 0. The first-order valence-corrected chi connectivity index (χ1v) is 16.5. The molecule has 2 heterocycles. The summed E-state index contributed by atoms with van der Waals surface area (Å²) in [7, 11) is 2.46. The molecule has 3 fully saturated rings. The molecule has 1 aromatic rings. The van der Waals surface area contributed by atoms with E-state index in [1.165, 1.54) is 33.4 Å². The second kappa shape index (κ2) is 13.8. The van der Waals surface area contributed by atoms with Crippen LogP contribution in [0.5, 0.6) is 5.75 Å². The Morgan fingerprint density at radius 2 is 1.71 bits per heavy atom. The molecule has 1 aromatic carbocycles. The second-order valence-electron chi connectivity index (χ2n) is 11.0. The molecular formula is C28H38N4O7S2. The van der Waals surface area contributed by atoms with Gasteiger partial charge < -0.3 is 31.1 Å². The molecule has 3 aliphatic rings. The Balaban J connectivity index is 1.52. The highest BCUT2D eigenvalue weighted by Gasteiger charge is 2.43. The van der Waals surface area contributed by atoms with E-state index in [0.29, 0.717) is 32.2 Å². The van der Waals surface area contributed by atoms with Crippen molar-refractivity contribution in [2.24, 2.45) is 5.41 Å². The lowest BCUT2D eigenvalue weighted by molar-refractivity contribution is -0.144. The first-order valence-electron chi connectivity index (χ1n) is 14.0. The van der Waals surface area contributed by atoms with Crippen molar-refractivity contribution in [3.8, 4) is 5.75 Å². The van der Waals surface area contributed by atoms with Gasteiger partial charge in [0.05, 0.1) is 5.41 Å². The minimum Gasteiger partial charge on any atom is -0.508 e. The molecule has 4 atom stereocenters. The van der Waals surface area contributed by atoms with Crippen LogP contribution in [0.3, 0.4) is 0 Å². The van der Waals surface area contributed by atoms with E-state index in [9.17, 15) is 34.2 Å². The Hall–Kier alpha value is -2.93. The highest BCUT2D eigenvalue weighted by atomic mass is 33.1. The predicted octanol–water partition coefficient (Wildman–Crippen LogP) is 2.00. The third-order valence-electron chi connectivity index (χ3n) is 8.38. The van der Waals surface area contributed by atoms with Gasteiger partial charge in [-0.3, -0.25) is 19.2 Å².